The molecule has 1 aromatic carbocycles. The minimum Gasteiger partial charge on any atom is -0.366 e. The van der Waals surface area contributed by atoms with Gasteiger partial charge in [-0.2, -0.15) is 9.67 Å². The maximum absolute atomic E-state index is 13.6. The SMILES string of the molecule is Nc1nc(Cc2cccc(F)c2)n(C(=O)C2CCCC(F)(F)C2)n1. The predicted octanol–water partition coefficient (Wildman–Crippen LogP) is 3.06. The quantitative estimate of drug-likeness (QED) is 0.933. The van der Waals surface area contributed by atoms with Gasteiger partial charge in [-0.15, -0.1) is 5.10 Å². The van der Waals surface area contributed by atoms with Gasteiger partial charge in [-0.3, -0.25) is 4.79 Å². The van der Waals surface area contributed by atoms with Crippen LogP contribution in [0.2, 0.25) is 0 Å². The van der Waals surface area contributed by atoms with Crippen molar-refractivity contribution in [2.45, 2.75) is 38.0 Å². The Hall–Kier alpha value is -2.38. The number of aromatic nitrogens is 3. The second-order valence-corrected chi connectivity index (χ2v) is 6.09. The van der Waals surface area contributed by atoms with Crippen LogP contribution in [0.1, 0.15) is 41.9 Å². The molecule has 0 spiro atoms. The molecule has 0 saturated heterocycles. The van der Waals surface area contributed by atoms with Crippen LogP contribution in [0.15, 0.2) is 24.3 Å². The fraction of sp³-hybridized carbons (Fsp3) is 0.438. The molecule has 3 rings (SSSR count). The van der Waals surface area contributed by atoms with Crippen molar-refractivity contribution >= 4 is 11.9 Å². The number of anilines is 1. The third kappa shape index (κ3) is 3.58. The minimum absolute atomic E-state index is 0.114. The van der Waals surface area contributed by atoms with Crippen molar-refractivity contribution in [3.8, 4) is 0 Å². The van der Waals surface area contributed by atoms with Gasteiger partial charge in [0.2, 0.25) is 11.9 Å². The summed E-state index contributed by atoms with van der Waals surface area (Å²) >= 11 is 0. The summed E-state index contributed by atoms with van der Waals surface area (Å²) < 4.78 is 41.4. The molecule has 5 nitrogen and oxygen atoms in total. The maximum Gasteiger partial charge on any atom is 0.252 e. The molecule has 1 saturated carbocycles. The molecule has 128 valence electrons. The van der Waals surface area contributed by atoms with E-state index in [-0.39, 0.29) is 31.0 Å². The van der Waals surface area contributed by atoms with Gasteiger partial charge in [0.15, 0.2) is 0 Å². The van der Waals surface area contributed by atoms with Crippen molar-refractivity contribution < 1.29 is 18.0 Å². The molecule has 0 bridgehead atoms. The average Bonchev–Trinajstić information content (AvgIpc) is 2.86. The Kier molecular flexibility index (Phi) is 4.29. The Bertz CT molecular complexity index is 760. The molecule has 2 N–H and O–H groups in total. The molecular weight excluding hydrogens is 321 g/mol. The first-order valence-corrected chi connectivity index (χ1v) is 7.72. The summed E-state index contributed by atoms with van der Waals surface area (Å²) in [6.45, 7) is 0. The van der Waals surface area contributed by atoms with Crippen LogP contribution in [0, 0.1) is 11.7 Å². The van der Waals surface area contributed by atoms with Gasteiger partial charge in [0.25, 0.3) is 5.91 Å². The van der Waals surface area contributed by atoms with E-state index in [2.05, 4.69) is 10.1 Å². The number of hydrogen-bond acceptors (Lipinski definition) is 4. The first-order chi connectivity index (χ1) is 11.3. The van der Waals surface area contributed by atoms with Crippen molar-refractivity contribution in [1.29, 1.82) is 0 Å². The van der Waals surface area contributed by atoms with Crippen LogP contribution in [0.4, 0.5) is 19.1 Å². The third-order valence-electron chi connectivity index (χ3n) is 4.14. The van der Waals surface area contributed by atoms with Crippen molar-refractivity contribution in [1.82, 2.24) is 14.8 Å². The van der Waals surface area contributed by atoms with Crippen molar-refractivity contribution in [3.05, 3.63) is 41.5 Å². The standard InChI is InChI=1S/C16H17F3N4O/c17-12-5-1-3-10(7-12)8-13-21-15(20)22-23(13)14(24)11-4-2-6-16(18,19)9-11/h1,3,5,7,11H,2,4,6,8-9H2,(H2,20,22). The predicted molar refractivity (Wildman–Crippen MR) is 81.2 cm³/mol. The van der Waals surface area contributed by atoms with E-state index in [9.17, 15) is 18.0 Å². The molecule has 2 aromatic rings. The van der Waals surface area contributed by atoms with E-state index in [1.807, 2.05) is 0 Å². The van der Waals surface area contributed by atoms with Crippen LogP contribution >= 0.6 is 0 Å². The van der Waals surface area contributed by atoms with E-state index in [0.717, 1.165) is 4.68 Å². The van der Waals surface area contributed by atoms with Gasteiger partial charge in [0.1, 0.15) is 11.6 Å². The lowest BCUT2D eigenvalue weighted by Gasteiger charge is -2.27. The Balaban J connectivity index is 1.84. The number of carbonyl (C=O) groups excluding carboxylic acids is 1. The van der Waals surface area contributed by atoms with Crippen LogP contribution in [-0.4, -0.2) is 26.6 Å². The summed E-state index contributed by atoms with van der Waals surface area (Å²) in [5, 5.41) is 3.85. The van der Waals surface area contributed by atoms with Gasteiger partial charge in [-0.1, -0.05) is 12.1 Å². The molecule has 0 radical (unpaired) electrons. The van der Waals surface area contributed by atoms with E-state index in [1.165, 1.54) is 18.2 Å². The normalized spacial score (nSPS) is 20.0. The van der Waals surface area contributed by atoms with E-state index in [4.69, 9.17) is 5.73 Å². The Morgan fingerprint density at radius 1 is 1.42 bits per heavy atom. The third-order valence-corrected chi connectivity index (χ3v) is 4.14. The Morgan fingerprint density at radius 3 is 2.92 bits per heavy atom. The van der Waals surface area contributed by atoms with Gasteiger partial charge in [0, 0.05) is 25.2 Å². The van der Waals surface area contributed by atoms with Crippen molar-refractivity contribution in [2.75, 3.05) is 5.73 Å². The Morgan fingerprint density at radius 2 is 2.21 bits per heavy atom. The monoisotopic (exact) mass is 338 g/mol. The summed E-state index contributed by atoms with van der Waals surface area (Å²) in [5.74, 6) is -4.50. The highest BCUT2D eigenvalue weighted by Gasteiger charge is 2.40. The summed E-state index contributed by atoms with van der Waals surface area (Å²) in [4.78, 5) is 16.6. The largest absolute Gasteiger partial charge is 0.366 e. The molecule has 1 unspecified atom stereocenters. The van der Waals surface area contributed by atoms with E-state index in [0.29, 0.717) is 12.0 Å². The van der Waals surface area contributed by atoms with Gasteiger partial charge < -0.3 is 5.73 Å². The molecular formula is C16H17F3N4O. The summed E-state index contributed by atoms with van der Waals surface area (Å²) in [7, 11) is 0. The number of nitrogens with zero attached hydrogens (tertiary/aromatic N) is 3. The highest BCUT2D eigenvalue weighted by Crippen LogP contribution is 2.37. The molecule has 0 aliphatic heterocycles. The zero-order valence-corrected chi connectivity index (χ0v) is 12.9. The number of rotatable bonds is 3. The van der Waals surface area contributed by atoms with Crippen LogP contribution < -0.4 is 5.73 Å². The maximum atomic E-state index is 13.6. The Labute approximate surface area is 136 Å². The molecule has 8 heteroatoms. The fourth-order valence-corrected chi connectivity index (χ4v) is 3.04. The van der Waals surface area contributed by atoms with Crippen LogP contribution in [0.3, 0.4) is 0 Å². The van der Waals surface area contributed by atoms with Gasteiger partial charge in [-0.25, -0.2) is 13.2 Å². The van der Waals surface area contributed by atoms with E-state index in [1.54, 1.807) is 6.07 Å². The van der Waals surface area contributed by atoms with Crippen molar-refractivity contribution in [3.63, 3.8) is 0 Å². The molecule has 1 atom stereocenters. The van der Waals surface area contributed by atoms with Crippen LogP contribution in [0.5, 0.6) is 0 Å². The zero-order chi connectivity index (χ0) is 17.3. The molecule has 1 aliphatic carbocycles. The molecule has 1 aromatic heterocycles. The highest BCUT2D eigenvalue weighted by atomic mass is 19.3. The molecule has 1 heterocycles. The van der Waals surface area contributed by atoms with Crippen LogP contribution in [-0.2, 0) is 6.42 Å². The number of hydrogen-bond donors (Lipinski definition) is 1. The number of alkyl halides is 2. The topological polar surface area (TPSA) is 73.8 Å². The summed E-state index contributed by atoms with van der Waals surface area (Å²) in [6, 6.07) is 5.84. The first-order valence-electron chi connectivity index (χ1n) is 7.72. The second-order valence-electron chi connectivity index (χ2n) is 6.09. The number of halogens is 3. The smallest absolute Gasteiger partial charge is 0.252 e. The molecule has 1 fully saturated rings. The number of carbonyl (C=O) groups is 1. The molecule has 0 amide bonds. The highest BCUT2D eigenvalue weighted by molar-refractivity contribution is 5.81. The van der Waals surface area contributed by atoms with Crippen molar-refractivity contribution in [2.24, 2.45) is 5.92 Å². The van der Waals surface area contributed by atoms with Crippen LogP contribution in [0.25, 0.3) is 0 Å². The number of benzene rings is 1. The van der Waals surface area contributed by atoms with Gasteiger partial charge >= 0.3 is 0 Å². The summed E-state index contributed by atoms with van der Waals surface area (Å²) in [5.41, 5.74) is 6.15. The van der Waals surface area contributed by atoms with E-state index < -0.39 is 30.0 Å². The second kappa shape index (κ2) is 6.26. The van der Waals surface area contributed by atoms with Gasteiger partial charge in [0.05, 0.1) is 0 Å². The lowest BCUT2D eigenvalue weighted by atomic mass is 9.86. The lowest BCUT2D eigenvalue weighted by Crippen LogP contribution is -2.34. The minimum atomic E-state index is -2.84. The fourth-order valence-electron chi connectivity index (χ4n) is 3.04. The van der Waals surface area contributed by atoms with E-state index >= 15 is 0 Å². The molecule has 24 heavy (non-hydrogen) atoms. The lowest BCUT2D eigenvalue weighted by molar-refractivity contribution is -0.0493. The first kappa shape index (κ1) is 16.5. The zero-order valence-electron chi connectivity index (χ0n) is 12.9. The summed E-state index contributed by atoms with van der Waals surface area (Å²) in [6.07, 6.45) is 0.106. The van der Waals surface area contributed by atoms with Gasteiger partial charge in [-0.05, 0) is 30.5 Å². The average molecular weight is 338 g/mol. The number of nitrogens with two attached hydrogens (primary N) is 1. The number of nitrogen functional groups attached to an aromatic ring is 1. The molecule has 1 aliphatic rings.